The molecule has 1 fully saturated rings. The van der Waals surface area contributed by atoms with Crippen molar-refractivity contribution in [3.63, 3.8) is 0 Å². The van der Waals surface area contributed by atoms with E-state index in [2.05, 4.69) is 28.6 Å². The van der Waals surface area contributed by atoms with Crippen LogP contribution in [-0.4, -0.2) is 31.6 Å². The van der Waals surface area contributed by atoms with Crippen LogP contribution in [0.4, 0.5) is 0 Å². The molecule has 18 heavy (non-hydrogen) atoms. The van der Waals surface area contributed by atoms with Gasteiger partial charge in [-0.3, -0.25) is 4.79 Å². The lowest BCUT2D eigenvalue weighted by molar-refractivity contribution is -0.133. The second kappa shape index (κ2) is 5.30. The number of carboxylic acid groups (broad SMARTS) is 1. The van der Waals surface area contributed by atoms with Crippen molar-refractivity contribution >= 4 is 17.7 Å². The van der Waals surface area contributed by atoms with E-state index >= 15 is 0 Å². The van der Waals surface area contributed by atoms with E-state index in [1.807, 2.05) is 0 Å². The number of carbonyl (C=O) groups is 1. The van der Waals surface area contributed by atoms with Gasteiger partial charge in [0.1, 0.15) is 5.82 Å². The molecule has 0 aliphatic heterocycles. The Morgan fingerprint density at radius 3 is 2.67 bits per heavy atom. The largest absolute Gasteiger partial charge is 0.481 e. The number of aliphatic carboxylic acids is 1. The van der Waals surface area contributed by atoms with Crippen molar-refractivity contribution in [3.05, 3.63) is 5.82 Å². The summed E-state index contributed by atoms with van der Waals surface area (Å²) in [5.41, 5.74) is 0.116. The summed E-state index contributed by atoms with van der Waals surface area (Å²) >= 11 is 1.25. The van der Waals surface area contributed by atoms with Gasteiger partial charge >= 0.3 is 5.97 Å². The molecule has 0 atom stereocenters. The van der Waals surface area contributed by atoms with Gasteiger partial charge in [0, 0.05) is 12.0 Å². The van der Waals surface area contributed by atoms with Crippen LogP contribution in [0.2, 0.25) is 0 Å². The molecule has 0 amide bonds. The highest BCUT2D eigenvalue weighted by Gasteiger charge is 2.35. The van der Waals surface area contributed by atoms with Gasteiger partial charge in [-0.25, -0.2) is 0 Å². The van der Waals surface area contributed by atoms with Crippen LogP contribution in [0.3, 0.4) is 0 Å². The molecule has 1 aliphatic carbocycles. The van der Waals surface area contributed by atoms with Gasteiger partial charge in [0.2, 0.25) is 0 Å². The van der Waals surface area contributed by atoms with Crippen molar-refractivity contribution in [1.82, 2.24) is 14.8 Å². The minimum absolute atomic E-state index is 0.0366. The highest BCUT2D eigenvalue weighted by atomic mass is 32.2. The molecule has 0 radical (unpaired) electrons. The monoisotopic (exact) mass is 269 g/mol. The molecule has 0 spiro atoms. The second-order valence-electron chi connectivity index (χ2n) is 5.00. The maximum Gasteiger partial charge on any atom is 0.313 e. The first-order valence-electron chi connectivity index (χ1n) is 6.35. The number of hydrogen-bond donors (Lipinski definition) is 1. The Balaban J connectivity index is 2.24. The Morgan fingerprint density at radius 1 is 1.44 bits per heavy atom. The topological polar surface area (TPSA) is 68.0 Å². The van der Waals surface area contributed by atoms with Gasteiger partial charge in [0.25, 0.3) is 0 Å². The summed E-state index contributed by atoms with van der Waals surface area (Å²) in [5.74, 6) is 0.240. The van der Waals surface area contributed by atoms with E-state index in [9.17, 15) is 4.79 Å². The molecule has 100 valence electrons. The van der Waals surface area contributed by atoms with E-state index in [4.69, 9.17) is 5.11 Å². The third-order valence-electron chi connectivity index (χ3n) is 3.60. The highest BCUT2D eigenvalue weighted by molar-refractivity contribution is 7.99. The highest BCUT2D eigenvalue weighted by Crippen LogP contribution is 2.40. The predicted molar refractivity (Wildman–Crippen MR) is 69.9 cm³/mol. The fraction of sp³-hybridized carbons (Fsp3) is 0.750. The van der Waals surface area contributed by atoms with Crippen molar-refractivity contribution in [3.8, 4) is 0 Å². The van der Waals surface area contributed by atoms with Crippen molar-refractivity contribution in [2.75, 3.05) is 5.75 Å². The molecule has 6 heteroatoms. The lowest BCUT2D eigenvalue weighted by Gasteiger charge is -2.23. The lowest BCUT2D eigenvalue weighted by atomic mass is 9.88. The Labute approximate surface area is 111 Å². The molecule has 5 nitrogen and oxygen atoms in total. The number of carboxylic acids is 1. The van der Waals surface area contributed by atoms with Gasteiger partial charge < -0.3 is 9.67 Å². The smallest absolute Gasteiger partial charge is 0.313 e. The van der Waals surface area contributed by atoms with Gasteiger partial charge in [-0.1, -0.05) is 31.5 Å². The molecule has 1 aliphatic rings. The molecule has 1 heterocycles. The van der Waals surface area contributed by atoms with Crippen LogP contribution < -0.4 is 0 Å². The minimum Gasteiger partial charge on any atom is -0.481 e. The third-order valence-corrected chi connectivity index (χ3v) is 4.56. The van der Waals surface area contributed by atoms with E-state index in [1.54, 1.807) is 0 Å². The van der Waals surface area contributed by atoms with Crippen LogP contribution in [0.5, 0.6) is 0 Å². The minimum atomic E-state index is -0.820. The van der Waals surface area contributed by atoms with E-state index in [0.717, 1.165) is 30.4 Å². The SMILES string of the molecule is CCn1c(SCC(=O)O)nnc1C1(C)CCCC1. The van der Waals surface area contributed by atoms with Crippen LogP contribution in [-0.2, 0) is 16.8 Å². The van der Waals surface area contributed by atoms with Crippen molar-refractivity contribution in [1.29, 1.82) is 0 Å². The second-order valence-corrected chi connectivity index (χ2v) is 5.94. The zero-order valence-electron chi connectivity index (χ0n) is 10.8. The van der Waals surface area contributed by atoms with Crippen LogP contribution in [0.25, 0.3) is 0 Å². The van der Waals surface area contributed by atoms with Crippen molar-refractivity contribution < 1.29 is 9.90 Å². The van der Waals surface area contributed by atoms with Gasteiger partial charge in [-0.15, -0.1) is 10.2 Å². The number of nitrogens with zero attached hydrogens (tertiary/aromatic N) is 3. The molecule has 1 aromatic heterocycles. The van der Waals surface area contributed by atoms with Crippen LogP contribution in [0, 0.1) is 0 Å². The van der Waals surface area contributed by atoms with E-state index in [-0.39, 0.29) is 11.2 Å². The maximum atomic E-state index is 10.6. The average molecular weight is 269 g/mol. The van der Waals surface area contributed by atoms with Crippen LogP contribution >= 0.6 is 11.8 Å². The number of thioether (sulfide) groups is 1. The van der Waals surface area contributed by atoms with Crippen molar-refractivity contribution in [2.45, 2.75) is 56.6 Å². The summed E-state index contributed by atoms with van der Waals surface area (Å²) < 4.78 is 2.07. The normalized spacial score (nSPS) is 18.1. The first-order chi connectivity index (χ1) is 8.57. The summed E-state index contributed by atoms with van der Waals surface area (Å²) in [6.45, 7) is 5.08. The van der Waals surface area contributed by atoms with E-state index in [1.165, 1.54) is 24.6 Å². The molecular formula is C12H19N3O2S. The maximum absolute atomic E-state index is 10.6. The Hall–Kier alpha value is -1.04. The van der Waals surface area contributed by atoms with Crippen LogP contribution in [0.15, 0.2) is 5.16 Å². The standard InChI is InChI=1S/C12H19N3O2S/c1-3-15-10(12(2)6-4-5-7-12)13-14-11(15)18-8-9(16)17/h3-8H2,1-2H3,(H,16,17). The summed E-state index contributed by atoms with van der Waals surface area (Å²) in [6, 6.07) is 0. The van der Waals surface area contributed by atoms with E-state index < -0.39 is 5.97 Å². The third kappa shape index (κ3) is 2.53. The number of rotatable bonds is 5. The van der Waals surface area contributed by atoms with Gasteiger partial charge in [-0.2, -0.15) is 0 Å². The first-order valence-corrected chi connectivity index (χ1v) is 7.33. The van der Waals surface area contributed by atoms with Gasteiger partial charge in [-0.05, 0) is 19.8 Å². The number of hydrogen-bond acceptors (Lipinski definition) is 4. The Morgan fingerprint density at radius 2 is 2.11 bits per heavy atom. The molecule has 0 bridgehead atoms. The molecule has 0 unspecified atom stereocenters. The summed E-state index contributed by atoms with van der Waals surface area (Å²) in [4.78, 5) is 10.6. The van der Waals surface area contributed by atoms with E-state index in [0.29, 0.717) is 0 Å². The first kappa shape index (κ1) is 13.4. The molecule has 1 saturated carbocycles. The lowest BCUT2D eigenvalue weighted by Crippen LogP contribution is -2.23. The molecule has 1 N–H and O–H groups in total. The molecule has 0 saturated heterocycles. The fourth-order valence-corrected chi connectivity index (χ4v) is 3.35. The predicted octanol–water partition coefficient (Wildman–Crippen LogP) is 2.31. The number of aromatic nitrogens is 3. The fourth-order valence-electron chi connectivity index (χ4n) is 2.63. The van der Waals surface area contributed by atoms with Crippen molar-refractivity contribution in [2.24, 2.45) is 0 Å². The average Bonchev–Trinajstić information content (AvgIpc) is 2.92. The quantitative estimate of drug-likeness (QED) is 0.831. The summed E-state index contributed by atoms with van der Waals surface area (Å²) in [5, 5.41) is 17.9. The van der Waals surface area contributed by atoms with Crippen LogP contribution in [0.1, 0.15) is 45.4 Å². The molecule has 0 aromatic carbocycles. The van der Waals surface area contributed by atoms with Gasteiger partial charge in [0.15, 0.2) is 5.16 Å². The zero-order chi connectivity index (χ0) is 13.2. The summed E-state index contributed by atoms with van der Waals surface area (Å²) in [7, 11) is 0. The molecular weight excluding hydrogens is 250 g/mol. The Bertz CT molecular complexity index is 439. The molecule has 1 aromatic rings. The zero-order valence-corrected chi connectivity index (χ0v) is 11.7. The van der Waals surface area contributed by atoms with Gasteiger partial charge in [0.05, 0.1) is 5.75 Å². The molecule has 2 rings (SSSR count). The summed E-state index contributed by atoms with van der Waals surface area (Å²) in [6.07, 6.45) is 4.78. The Kier molecular flexibility index (Phi) is 3.94.